The van der Waals surface area contributed by atoms with Crippen molar-refractivity contribution in [3.63, 3.8) is 0 Å². The van der Waals surface area contributed by atoms with Crippen LogP contribution in [0.25, 0.3) is 0 Å². The number of phenols is 1. The molecule has 1 rings (SSSR count). The van der Waals surface area contributed by atoms with Gasteiger partial charge >= 0.3 is 0 Å². The number of nitrogens with two attached hydrogens (primary N) is 2. The van der Waals surface area contributed by atoms with E-state index in [0.717, 1.165) is 5.56 Å². The first-order valence-corrected chi connectivity index (χ1v) is 4.98. The van der Waals surface area contributed by atoms with Crippen LogP contribution in [-0.4, -0.2) is 16.7 Å². The highest BCUT2D eigenvalue weighted by Crippen LogP contribution is 2.17. The van der Waals surface area contributed by atoms with E-state index in [0.29, 0.717) is 0 Å². The van der Waals surface area contributed by atoms with E-state index in [-0.39, 0.29) is 11.8 Å². The van der Waals surface area contributed by atoms with Crippen LogP contribution in [0.15, 0.2) is 24.3 Å². The molecule has 0 heterocycles. The van der Waals surface area contributed by atoms with Gasteiger partial charge in [0, 0.05) is 6.04 Å². The summed E-state index contributed by atoms with van der Waals surface area (Å²) in [7, 11) is 0. The molecular weight excluding hydrogens is 206 g/mol. The van der Waals surface area contributed by atoms with Gasteiger partial charge in [-0.2, -0.15) is 0 Å². The lowest BCUT2D eigenvalue weighted by Crippen LogP contribution is -2.60. The maximum atomic E-state index is 11.0. The van der Waals surface area contributed by atoms with Crippen molar-refractivity contribution >= 4 is 5.91 Å². The van der Waals surface area contributed by atoms with E-state index in [1.807, 2.05) is 6.92 Å². The average Bonchev–Trinajstić information content (AvgIpc) is 2.17. The number of hydrogen-bond donors (Lipinski definition) is 4. The second-order valence-electron chi connectivity index (χ2n) is 4.02. The molecular formula is C11H17N3O2. The highest BCUT2D eigenvalue weighted by Gasteiger charge is 2.27. The normalized spacial score (nSPS) is 16.4. The fourth-order valence-electron chi connectivity index (χ4n) is 1.37. The zero-order valence-electron chi connectivity index (χ0n) is 9.40. The molecule has 2 atom stereocenters. The first-order chi connectivity index (χ1) is 7.33. The van der Waals surface area contributed by atoms with Gasteiger partial charge in [0.05, 0.1) is 0 Å². The molecule has 1 aromatic rings. The summed E-state index contributed by atoms with van der Waals surface area (Å²) in [6, 6.07) is 6.52. The summed E-state index contributed by atoms with van der Waals surface area (Å²) in [5.41, 5.74) is 10.5. The Bertz CT molecular complexity index is 373. The second-order valence-corrected chi connectivity index (χ2v) is 4.02. The number of aromatic hydroxyl groups is 1. The zero-order valence-corrected chi connectivity index (χ0v) is 9.40. The summed E-state index contributed by atoms with van der Waals surface area (Å²) in [5.74, 6) is -0.417. The van der Waals surface area contributed by atoms with Gasteiger partial charge in [0.25, 0.3) is 5.91 Å². The van der Waals surface area contributed by atoms with Crippen LogP contribution < -0.4 is 16.8 Å². The Morgan fingerprint density at radius 1 is 1.44 bits per heavy atom. The molecule has 5 nitrogen and oxygen atoms in total. The summed E-state index contributed by atoms with van der Waals surface area (Å²) >= 11 is 0. The zero-order chi connectivity index (χ0) is 12.3. The molecule has 88 valence electrons. The van der Waals surface area contributed by atoms with Crippen LogP contribution in [0, 0.1) is 0 Å². The minimum absolute atomic E-state index is 0.136. The van der Waals surface area contributed by atoms with Gasteiger partial charge in [-0.15, -0.1) is 0 Å². The monoisotopic (exact) mass is 223 g/mol. The molecule has 0 radical (unpaired) electrons. The predicted molar refractivity (Wildman–Crippen MR) is 61.4 cm³/mol. The van der Waals surface area contributed by atoms with Crippen molar-refractivity contribution in [2.24, 2.45) is 11.5 Å². The lowest BCUT2D eigenvalue weighted by molar-refractivity contribution is -0.123. The van der Waals surface area contributed by atoms with Gasteiger partial charge < -0.3 is 16.6 Å². The minimum atomic E-state index is -1.25. The van der Waals surface area contributed by atoms with Gasteiger partial charge in [-0.3, -0.25) is 10.1 Å². The number of amides is 1. The van der Waals surface area contributed by atoms with Crippen molar-refractivity contribution in [1.82, 2.24) is 5.32 Å². The third-order valence-corrected chi connectivity index (χ3v) is 2.42. The van der Waals surface area contributed by atoms with E-state index in [4.69, 9.17) is 16.6 Å². The number of primary amides is 1. The molecule has 0 fully saturated rings. The largest absolute Gasteiger partial charge is 0.508 e. The maximum absolute atomic E-state index is 11.0. The van der Waals surface area contributed by atoms with Crippen LogP contribution in [0.1, 0.15) is 25.5 Å². The topological polar surface area (TPSA) is 101 Å². The van der Waals surface area contributed by atoms with E-state index in [2.05, 4.69) is 5.32 Å². The minimum Gasteiger partial charge on any atom is -0.508 e. The van der Waals surface area contributed by atoms with Gasteiger partial charge in [0.15, 0.2) is 0 Å². The molecule has 0 saturated carbocycles. The summed E-state index contributed by atoms with van der Waals surface area (Å²) in [4.78, 5) is 11.0. The number of rotatable bonds is 4. The van der Waals surface area contributed by atoms with Crippen LogP contribution in [0.3, 0.4) is 0 Å². The van der Waals surface area contributed by atoms with Crippen LogP contribution in [0.4, 0.5) is 0 Å². The molecule has 6 N–H and O–H groups in total. The Morgan fingerprint density at radius 3 is 2.38 bits per heavy atom. The fraction of sp³-hybridized carbons (Fsp3) is 0.364. The fourth-order valence-corrected chi connectivity index (χ4v) is 1.37. The standard InChI is InChI=1S/C11H17N3O2/c1-7(14-11(2,13)10(12)16)8-3-5-9(15)6-4-8/h3-7,14-15H,13H2,1-2H3,(H2,12,16). The molecule has 2 unspecified atom stereocenters. The van der Waals surface area contributed by atoms with Gasteiger partial charge in [0.2, 0.25) is 0 Å². The van der Waals surface area contributed by atoms with Gasteiger partial charge in [-0.25, -0.2) is 0 Å². The van der Waals surface area contributed by atoms with Crippen molar-refractivity contribution in [2.45, 2.75) is 25.6 Å². The molecule has 0 aliphatic rings. The smallest absolute Gasteiger partial charge is 0.252 e. The van der Waals surface area contributed by atoms with Crippen molar-refractivity contribution < 1.29 is 9.90 Å². The highest BCUT2D eigenvalue weighted by molar-refractivity contribution is 5.83. The van der Waals surface area contributed by atoms with Crippen molar-refractivity contribution in [2.75, 3.05) is 0 Å². The van der Waals surface area contributed by atoms with Crippen molar-refractivity contribution in [1.29, 1.82) is 0 Å². The molecule has 0 saturated heterocycles. The molecule has 1 amide bonds. The third-order valence-electron chi connectivity index (χ3n) is 2.42. The van der Waals surface area contributed by atoms with E-state index in [1.54, 1.807) is 24.3 Å². The molecule has 0 spiro atoms. The van der Waals surface area contributed by atoms with Gasteiger partial charge in [-0.1, -0.05) is 12.1 Å². The number of benzene rings is 1. The molecule has 5 heteroatoms. The van der Waals surface area contributed by atoms with Crippen LogP contribution in [0.5, 0.6) is 5.75 Å². The van der Waals surface area contributed by atoms with Crippen LogP contribution in [-0.2, 0) is 4.79 Å². The SMILES string of the molecule is CC(NC(C)(N)C(N)=O)c1ccc(O)cc1. The summed E-state index contributed by atoms with van der Waals surface area (Å²) in [6.45, 7) is 3.38. The Morgan fingerprint density at radius 2 is 1.94 bits per heavy atom. The van der Waals surface area contributed by atoms with E-state index in [9.17, 15) is 4.79 Å². The summed E-state index contributed by atoms with van der Waals surface area (Å²) < 4.78 is 0. The van der Waals surface area contributed by atoms with Crippen molar-refractivity contribution in [3.05, 3.63) is 29.8 Å². The number of carbonyl (C=O) groups excluding carboxylic acids is 1. The van der Waals surface area contributed by atoms with Crippen LogP contribution >= 0.6 is 0 Å². The van der Waals surface area contributed by atoms with Gasteiger partial charge in [0.1, 0.15) is 11.4 Å². The highest BCUT2D eigenvalue weighted by atomic mass is 16.3. The number of carbonyl (C=O) groups is 1. The quantitative estimate of drug-likeness (QED) is 0.548. The van der Waals surface area contributed by atoms with E-state index < -0.39 is 11.6 Å². The Balaban J connectivity index is 2.76. The van der Waals surface area contributed by atoms with Crippen molar-refractivity contribution in [3.8, 4) is 5.75 Å². The number of phenolic OH excluding ortho intramolecular Hbond substituents is 1. The Hall–Kier alpha value is -1.59. The Kier molecular flexibility index (Phi) is 3.51. The lowest BCUT2D eigenvalue weighted by Gasteiger charge is -2.27. The lowest BCUT2D eigenvalue weighted by atomic mass is 10.1. The average molecular weight is 223 g/mol. The molecule has 16 heavy (non-hydrogen) atoms. The number of hydrogen-bond acceptors (Lipinski definition) is 4. The first kappa shape index (κ1) is 12.5. The molecule has 0 bridgehead atoms. The van der Waals surface area contributed by atoms with E-state index in [1.165, 1.54) is 6.92 Å². The number of nitrogens with one attached hydrogen (secondary N) is 1. The first-order valence-electron chi connectivity index (χ1n) is 4.98. The van der Waals surface area contributed by atoms with Gasteiger partial charge in [-0.05, 0) is 31.5 Å². The molecule has 0 aliphatic heterocycles. The molecule has 0 aliphatic carbocycles. The summed E-state index contributed by atoms with van der Waals surface area (Å²) in [5, 5.41) is 12.1. The summed E-state index contributed by atoms with van der Waals surface area (Å²) in [6.07, 6.45) is 0. The maximum Gasteiger partial charge on any atom is 0.252 e. The Labute approximate surface area is 94.4 Å². The van der Waals surface area contributed by atoms with E-state index >= 15 is 0 Å². The third kappa shape index (κ3) is 2.95. The second kappa shape index (κ2) is 4.51. The predicted octanol–water partition coefficient (Wildman–Crippen LogP) is 0.203. The molecule has 0 aromatic heterocycles. The van der Waals surface area contributed by atoms with Crippen LogP contribution in [0.2, 0.25) is 0 Å². The molecule has 1 aromatic carbocycles.